The van der Waals surface area contributed by atoms with Crippen LogP contribution in [0.1, 0.15) is 30.7 Å². The molecule has 0 aliphatic carbocycles. The second-order valence-corrected chi connectivity index (χ2v) is 5.21. The normalized spacial score (nSPS) is 17.1. The van der Waals surface area contributed by atoms with Gasteiger partial charge in [-0.3, -0.25) is 4.79 Å². The first-order valence-corrected chi connectivity index (χ1v) is 7.27. The van der Waals surface area contributed by atoms with Gasteiger partial charge in [-0.15, -0.1) is 0 Å². The number of rotatable bonds is 4. The van der Waals surface area contributed by atoms with E-state index in [2.05, 4.69) is 5.10 Å². The first-order valence-electron chi connectivity index (χ1n) is 7.27. The third kappa shape index (κ3) is 2.79. The molecule has 120 valence electrons. The van der Waals surface area contributed by atoms with Crippen LogP contribution in [-0.4, -0.2) is 30.8 Å². The number of hydrazone groups is 1. The average Bonchev–Trinajstić information content (AvgIpc) is 3.23. The Morgan fingerprint density at radius 1 is 1.30 bits per heavy atom. The van der Waals surface area contributed by atoms with Gasteiger partial charge >= 0.3 is 0 Å². The van der Waals surface area contributed by atoms with Crippen LogP contribution in [0.25, 0.3) is 0 Å². The highest BCUT2D eigenvalue weighted by molar-refractivity contribution is 6.05. The van der Waals surface area contributed by atoms with Gasteiger partial charge in [0.25, 0.3) is 0 Å². The van der Waals surface area contributed by atoms with Crippen molar-refractivity contribution in [2.75, 3.05) is 14.2 Å². The summed E-state index contributed by atoms with van der Waals surface area (Å²) in [6.45, 7) is 1.49. The minimum absolute atomic E-state index is 0.131. The SMILES string of the molecule is COc1ccc(C2=NN(C(C)=O)[C@H](c3ccco3)C2)c(OC)c1. The third-order valence-corrected chi connectivity index (χ3v) is 3.82. The van der Waals surface area contributed by atoms with Crippen LogP contribution >= 0.6 is 0 Å². The van der Waals surface area contributed by atoms with Crippen LogP contribution in [0.3, 0.4) is 0 Å². The van der Waals surface area contributed by atoms with E-state index >= 15 is 0 Å². The molecule has 0 saturated heterocycles. The highest BCUT2D eigenvalue weighted by atomic mass is 16.5. The molecule has 2 heterocycles. The summed E-state index contributed by atoms with van der Waals surface area (Å²) in [5.74, 6) is 1.95. The first kappa shape index (κ1) is 15.1. The molecular formula is C17H18N2O4. The lowest BCUT2D eigenvalue weighted by Gasteiger charge is -2.17. The Labute approximate surface area is 134 Å². The summed E-state index contributed by atoms with van der Waals surface area (Å²) >= 11 is 0. The number of nitrogens with zero attached hydrogens (tertiary/aromatic N) is 2. The summed E-state index contributed by atoms with van der Waals surface area (Å²) < 4.78 is 16.1. The standard InChI is InChI=1S/C17H18N2O4/c1-11(20)19-15(16-5-4-8-23-16)10-14(18-19)13-7-6-12(21-2)9-17(13)22-3/h4-9,15H,10H2,1-3H3/t15-/m0/s1. The van der Waals surface area contributed by atoms with Crippen LogP contribution in [0.2, 0.25) is 0 Å². The van der Waals surface area contributed by atoms with Gasteiger partial charge in [-0.2, -0.15) is 5.10 Å². The average molecular weight is 314 g/mol. The summed E-state index contributed by atoms with van der Waals surface area (Å²) in [6, 6.07) is 8.96. The first-order chi connectivity index (χ1) is 11.1. The number of amides is 1. The fourth-order valence-corrected chi connectivity index (χ4v) is 2.70. The topological polar surface area (TPSA) is 64.3 Å². The van der Waals surface area contributed by atoms with Gasteiger partial charge in [-0.05, 0) is 24.3 Å². The molecule has 6 nitrogen and oxygen atoms in total. The molecule has 23 heavy (non-hydrogen) atoms. The maximum atomic E-state index is 11.9. The molecule has 0 bridgehead atoms. The van der Waals surface area contributed by atoms with Gasteiger partial charge in [0.2, 0.25) is 5.91 Å². The van der Waals surface area contributed by atoms with Crippen LogP contribution in [0.5, 0.6) is 11.5 Å². The number of benzene rings is 1. The van der Waals surface area contributed by atoms with Gasteiger partial charge in [0.1, 0.15) is 23.3 Å². The number of hydrogen-bond acceptors (Lipinski definition) is 5. The van der Waals surface area contributed by atoms with Crippen molar-refractivity contribution in [3.8, 4) is 11.5 Å². The van der Waals surface area contributed by atoms with E-state index in [0.717, 1.165) is 11.3 Å². The van der Waals surface area contributed by atoms with E-state index in [4.69, 9.17) is 13.9 Å². The van der Waals surface area contributed by atoms with E-state index in [1.54, 1.807) is 32.6 Å². The minimum Gasteiger partial charge on any atom is -0.497 e. The second-order valence-electron chi connectivity index (χ2n) is 5.21. The van der Waals surface area contributed by atoms with Gasteiger partial charge in [0.05, 0.1) is 26.2 Å². The molecule has 1 aromatic carbocycles. The van der Waals surface area contributed by atoms with E-state index in [9.17, 15) is 4.79 Å². The van der Waals surface area contributed by atoms with Crippen molar-refractivity contribution in [2.45, 2.75) is 19.4 Å². The lowest BCUT2D eigenvalue weighted by Crippen LogP contribution is -2.23. The Hall–Kier alpha value is -2.76. The minimum atomic E-state index is -0.232. The predicted molar refractivity (Wildman–Crippen MR) is 84.7 cm³/mol. The van der Waals surface area contributed by atoms with Crippen molar-refractivity contribution in [1.82, 2.24) is 5.01 Å². The fraction of sp³-hybridized carbons (Fsp3) is 0.294. The molecule has 2 aromatic rings. The van der Waals surface area contributed by atoms with E-state index in [-0.39, 0.29) is 11.9 Å². The largest absolute Gasteiger partial charge is 0.497 e. The van der Waals surface area contributed by atoms with Crippen molar-refractivity contribution in [3.05, 3.63) is 47.9 Å². The molecule has 3 rings (SSSR count). The summed E-state index contributed by atoms with van der Waals surface area (Å²) in [5, 5.41) is 5.94. The molecule has 1 aliphatic heterocycles. The van der Waals surface area contributed by atoms with Crippen LogP contribution in [0.15, 0.2) is 46.1 Å². The Morgan fingerprint density at radius 3 is 2.74 bits per heavy atom. The van der Waals surface area contributed by atoms with Gasteiger partial charge < -0.3 is 13.9 Å². The van der Waals surface area contributed by atoms with Crippen LogP contribution in [-0.2, 0) is 4.79 Å². The number of ether oxygens (including phenoxy) is 2. The van der Waals surface area contributed by atoms with E-state index in [1.165, 1.54) is 11.9 Å². The van der Waals surface area contributed by atoms with Crippen molar-refractivity contribution >= 4 is 11.6 Å². The lowest BCUT2D eigenvalue weighted by molar-refractivity contribution is -0.130. The van der Waals surface area contributed by atoms with Crippen molar-refractivity contribution < 1.29 is 18.7 Å². The van der Waals surface area contributed by atoms with Gasteiger partial charge in [0.15, 0.2) is 0 Å². The number of methoxy groups -OCH3 is 2. The number of carbonyl (C=O) groups excluding carboxylic acids is 1. The zero-order chi connectivity index (χ0) is 16.4. The summed E-state index contributed by atoms with van der Waals surface area (Å²) in [4.78, 5) is 11.9. The maximum Gasteiger partial charge on any atom is 0.240 e. The molecule has 0 spiro atoms. The van der Waals surface area contributed by atoms with Crippen LogP contribution in [0.4, 0.5) is 0 Å². The number of hydrogen-bond donors (Lipinski definition) is 0. The summed E-state index contributed by atoms with van der Waals surface area (Å²) in [7, 11) is 3.20. The molecule has 0 fully saturated rings. The van der Waals surface area contributed by atoms with Gasteiger partial charge in [-0.1, -0.05) is 0 Å². The summed E-state index contributed by atoms with van der Waals surface area (Å²) in [6.07, 6.45) is 2.16. The molecule has 1 amide bonds. The Balaban J connectivity index is 1.97. The molecule has 0 radical (unpaired) electrons. The molecule has 0 unspecified atom stereocenters. The summed E-state index contributed by atoms with van der Waals surface area (Å²) in [5.41, 5.74) is 1.62. The van der Waals surface area contributed by atoms with Crippen molar-refractivity contribution in [3.63, 3.8) is 0 Å². The van der Waals surface area contributed by atoms with Crippen LogP contribution in [0, 0.1) is 0 Å². The van der Waals surface area contributed by atoms with Crippen LogP contribution < -0.4 is 9.47 Å². The Bertz CT molecular complexity index is 737. The fourth-order valence-electron chi connectivity index (χ4n) is 2.70. The maximum absolute atomic E-state index is 11.9. The second kappa shape index (κ2) is 6.16. The quantitative estimate of drug-likeness (QED) is 0.870. The van der Waals surface area contributed by atoms with Crippen molar-refractivity contribution in [2.24, 2.45) is 5.10 Å². The lowest BCUT2D eigenvalue weighted by atomic mass is 10.0. The van der Waals surface area contributed by atoms with E-state index in [0.29, 0.717) is 23.7 Å². The predicted octanol–water partition coefficient (Wildman–Crippen LogP) is 2.99. The molecule has 1 aromatic heterocycles. The molecule has 6 heteroatoms. The van der Waals surface area contributed by atoms with Crippen molar-refractivity contribution in [1.29, 1.82) is 0 Å². The van der Waals surface area contributed by atoms with Gasteiger partial charge in [0, 0.05) is 25.0 Å². The molecule has 0 N–H and O–H groups in total. The Morgan fingerprint density at radius 2 is 2.13 bits per heavy atom. The number of furan rings is 1. The molecule has 1 aliphatic rings. The zero-order valence-corrected chi connectivity index (χ0v) is 13.3. The number of carbonyl (C=O) groups is 1. The smallest absolute Gasteiger partial charge is 0.240 e. The molecular weight excluding hydrogens is 296 g/mol. The monoisotopic (exact) mass is 314 g/mol. The highest BCUT2D eigenvalue weighted by Crippen LogP contribution is 2.36. The van der Waals surface area contributed by atoms with Gasteiger partial charge in [-0.25, -0.2) is 5.01 Å². The van der Waals surface area contributed by atoms with E-state index in [1.807, 2.05) is 18.2 Å². The Kier molecular flexibility index (Phi) is 4.06. The zero-order valence-electron chi connectivity index (χ0n) is 13.3. The van der Waals surface area contributed by atoms with E-state index < -0.39 is 0 Å². The third-order valence-electron chi connectivity index (χ3n) is 3.82. The molecule has 1 atom stereocenters. The molecule has 0 saturated carbocycles. The highest BCUT2D eigenvalue weighted by Gasteiger charge is 2.34.